The molecule has 1 unspecified atom stereocenters. The second-order valence-electron chi connectivity index (χ2n) is 3.84. The fourth-order valence-corrected chi connectivity index (χ4v) is 1.71. The summed E-state index contributed by atoms with van der Waals surface area (Å²) < 4.78 is 81.3. The number of rotatable bonds is 3. The van der Waals surface area contributed by atoms with Crippen LogP contribution in [0.4, 0.5) is 26.3 Å². The van der Waals surface area contributed by atoms with Crippen molar-refractivity contribution in [2.75, 3.05) is 7.11 Å². The van der Waals surface area contributed by atoms with Gasteiger partial charge in [-0.2, -0.15) is 26.3 Å². The highest BCUT2D eigenvalue weighted by molar-refractivity contribution is 5.76. The molecule has 0 fully saturated rings. The van der Waals surface area contributed by atoms with Gasteiger partial charge in [0.1, 0.15) is 5.75 Å². The molecule has 21 heavy (non-hydrogen) atoms. The predicted octanol–water partition coefficient (Wildman–Crippen LogP) is 2.85. The van der Waals surface area contributed by atoms with E-state index in [4.69, 9.17) is 5.11 Å². The molecule has 2 N–H and O–H groups in total. The van der Waals surface area contributed by atoms with E-state index in [1.54, 1.807) is 0 Å². The Morgan fingerprint density at radius 1 is 1.14 bits per heavy atom. The first kappa shape index (κ1) is 17.1. The van der Waals surface area contributed by atoms with Crippen molar-refractivity contribution < 1.29 is 46.1 Å². The van der Waals surface area contributed by atoms with Gasteiger partial charge >= 0.3 is 18.3 Å². The van der Waals surface area contributed by atoms with Crippen LogP contribution in [0.2, 0.25) is 0 Å². The topological polar surface area (TPSA) is 66.8 Å². The smallest absolute Gasteiger partial charge is 0.417 e. The molecule has 0 saturated heterocycles. The maximum atomic E-state index is 12.9. The van der Waals surface area contributed by atoms with Crippen molar-refractivity contribution in [3.63, 3.8) is 0 Å². The van der Waals surface area contributed by atoms with E-state index >= 15 is 0 Å². The van der Waals surface area contributed by atoms with Crippen molar-refractivity contribution in [3.8, 4) is 5.75 Å². The molecule has 0 heterocycles. The summed E-state index contributed by atoms with van der Waals surface area (Å²) in [5.74, 6) is -2.96. The van der Waals surface area contributed by atoms with Crippen molar-refractivity contribution in [2.45, 2.75) is 18.5 Å². The number of aliphatic hydroxyl groups excluding tert-OH is 1. The summed E-state index contributed by atoms with van der Waals surface area (Å²) in [5.41, 5.74) is -5.89. The van der Waals surface area contributed by atoms with Crippen LogP contribution in [-0.4, -0.2) is 23.3 Å². The van der Waals surface area contributed by atoms with Crippen LogP contribution in [0.5, 0.6) is 5.75 Å². The third-order valence-corrected chi connectivity index (χ3v) is 2.52. The van der Waals surface area contributed by atoms with Crippen molar-refractivity contribution in [3.05, 3.63) is 28.8 Å². The lowest BCUT2D eigenvalue weighted by atomic mass is 9.95. The predicted molar refractivity (Wildman–Crippen MR) is 55.6 cm³/mol. The van der Waals surface area contributed by atoms with E-state index in [0.29, 0.717) is 6.07 Å². The molecule has 0 aliphatic rings. The molecule has 0 aliphatic heterocycles. The van der Waals surface area contributed by atoms with Crippen LogP contribution in [0.15, 0.2) is 12.1 Å². The summed E-state index contributed by atoms with van der Waals surface area (Å²) in [6.07, 6.45) is -13.7. The quantitative estimate of drug-likeness (QED) is 0.841. The minimum absolute atomic E-state index is 0.111. The van der Waals surface area contributed by atoms with Gasteiger partial charge in [-0.25, -0.2) is 4.79 Å². The van der Waals surface area contributed by atoms with Crippen LogP contribution in [0.25, 0.3) is 0 Å². The van der Waals surface area contributed by atoms with E-state index in [1.165, 1.54) is 0 Å². The van der Waals surface area contributed by atoms with Crippen LogP contribution in [0.1, 0.15) is 22.8 Å². The van der Waals surface area contributed by atoms with Crippen LogP contribution < -0.4 is 4.74 Å². The van der Waals surface area contributed by atoms with Crippen LogP contribution in [-0.2, 0) is 17.1 Å². The van der Waals surface area contributed by atoms with Crippen LogP contribution >= 0.6 is 0 Å². The second kappa shape index (κ2) is 5.43. The molecule has 1 atom stereocenters. The molecular formula is C11H8F6O4. The zero-order valence-corrected chi connectivity index (χ0v) is 10.2. The van der Waals surface area contributed by atoms with Gasteiger partial charge in [0.25, 0.3) is 0 Å². The normalized spacial score (nSPS) is 13.9. The molecule has 0 saturated carbocycles. The first-order chi connectivity index (χ1) is 9.41. The molecule has 1 aromatic rings. The van der Waals surface area contributed by atoms with Gasteiger partial charge < -0.3 is 14.9 Å². The molecule has 0 aromatic heterocycles. The van der Waals surface area contributed by atoms with Crippen molar-refractivity contribution in [1.82, 2.24) is 0 Å². The molecule has 0 radical (unpaired) electrons. The Kier molecular flexibility index (Phi) is 4.42. The van der Waals surface area contributed by atoms with Gasteiger partial charge in [0, 0.05) is 5.56 Å². The fraction of sp³-hybridized carbons (Fsp3) is 0.364. The van der Waals surface area contributed by atoms with Crippen molar-refractivity contribution in [1.29, 1.82) is 0 Å². The molecule has 0 bridgehead atoms. The minimum Gasteiger partial charge on any atom is -0.496 e. The zero-order valence-electron chi connectivity index (χ0n) is 10.2. The van der Waals surface area contributed by atoms with E-state index in [9.17, 15) is 36.2 Å². The van der Waals surface area contributed by atoms with Crippen LogP contribution in [0, 0.1) is 0 Å². The summed E-state index contributed by atoms with van der Waals surface area (Å²) in [4.78, 5) is 10.7. The van der Waals surface area contributed by atoms with Gasteiger partial charge in [-0.05, 0) is 12.1 Å². The number of alkyl halides is 6. The Morgan fingerprint density at radius 3 is 2.00 bits per heavy atom. The molecule has 118 valence electrons. The number of carboxylic acids is 1. The SMILES string of the molecule is COc1ccc(C(F)(F)F)c(C(F)(F)F)c1C(O)C(=O)O. The number of hydrogen-bond acceptors (Lipinski definition) is 3. The molecule has 4 nitrogen and oxygen atoms in total. The van der Waals surface area contributed by atoms with Gasteiger partial charge in [-0.1, -0.05) is 0 Å². The maximum absolute atomic E-state index is 12.9. The summed E-state index contributed by atoms with van der Waals surface area (Å²) in [5, 5.41) is 17.9. The Labute approximate surface area is 113 Å². The zero-order chi connectivity index (χ0) is 16.6. The van der Waals surface area contributed by atoms with E-state index < -0.39 is 46.9 Å². The third-order valence-electron chi connectivity index (χ3n) is 2.52. The molecule has 0 aliphatic carbocycles. The molecule has 0 amide bonds. The first-order valence-electron chi connectivity index (χ1n) is 5.17. The highest BCUT2D eigenvalue weighted by Gasteiger charge is 2.47. The summed E-state index contributed by atoms with van der Waals surface area (Å²) in [6, 6.07) is 0.624. The maximum Gasteiger partial charge on any atom is 0.417 e. The Balaban J connectivity index is 3.83. The van der Waals surface area contributed by atoms with E-state index in [0.717, 1.165) is 7.11 Å². The number of aliphatic hydroxyl groups is 1. The average molecular weight is 318 g/mol. The summed E-state index contributed by atoms with van der Waals surface area (Å²) in [6.45, 7) is 0. The average Bonchev–Trinajstić information content (AvgIpc) is 2.33. The minimum atomic E-state index is -5.54. The number of carbonyl (C=O) groups is 1. The molecule has 0 spiro atoms. The number of ether oxygens (including phenoxy) is 1. The first-order valence-corrected chi connectivity index (χ1v) is 5.17. The molecule has 1 aromatic carbocycles. The molecule has 10 heteroatoms. The largest absolute Gasteiger partial charge is 0.496 e. The van der Waals surface area contributed by atoms with Crippen molar-refractivity contribution in [2.24, 2.45) is 0 Å². The van der Waals surface area contributed by atoms with Crippen molar-refractivity contribution >= 4 is 5.97 Å². The lowest BCUT2D eigenvalue weighted by Gasteiger charge is -2.22. The Hall–Kier alpha value is -1.97. The highest BCUT2D eigenvalue weighted by atomic mass is 19.4. The highest BCUT2D eigenvalue weighted by Crippen LogP contribution is 2.46. The number of aliphatic carboxylic acids is 1. The van der Waals surface area contributed by atoms with E-state index in [1.807, 2.05) is 0 Å². The third kappa shape index (κ3) is 3.38. The molecule has 1 rings (SSSR count). The van der Waals surface area contributed by atoms with E-state index in [-0.39, 0.29) is 6.07 Å². The van der Waals surface area contributed by atoms with Gasteiger partial charge in [0.15, 0.2) is 6.10 Å². The molecular weight excluding hydrogens is 310 g/mol. The lowest BCUT2D eigenvalue weighted by molar-refractivity contribution is -0.164. The number of carboxylic acid groups (broad SMARTS) is 1. The standard InChI is InChI=1S/C11H8F6O4/c1-21-5-3-2-4(10(12,13)14)7(11(15,16)17)6(5)8(18)9(19)20/h2-3,8,18H,1H3,(H,19,20). The number of methoxy groups -OCH3 is 1. The van der Waals surface area contributed by atoms with Crippen LogP contribution in [0.3, 0.4) is 0 Å². The fourth-order valence-electron chi connectivity index (χ4n) is 1.71. The van der Waals surface area contributed by atoms with Gasteiger partial charge in [-0.15, -0.1) is 0 Å². The Bertz CT molecular complexity index is 549. The number of benzene rings is 1. The number of halogens is 6. The number of hydrogen-bond donors (Lipinski definition) is 2. The van der Waals surface area contributed by atoms with E-state index in [2.05, 4.69) is 4.74 Å². The second-order valence-corrected chi connectivity index (χ2v) is 3.84. The lowest BCUT2D eigenvalue weighted by Crippen LogP contribution is -2.23. The Morgan fingerprint density at radius 2 is 1.67 bits per heavy atom. The van der Waals surface area contributed by atoms with Gasteiger partial charge in [-0.3, -0.25) is 0 Å². The van der Waals surface area contributed by atoms with Gasteiger partial charge in [0.2, 0.25) is 0 Å². The van der Waals surface area contributed by atoms with Gasteiger partial charge in [0.05, 0.1) is 18.2 Å². The summed E-state index contributed by atoms with van der Waals surface area (Å²) in [7, 11) is 0.834. The summed E-state index contributed by atoms with van der Waals surface area (Å²) >= 11 is 0. The monoisotopic (exact) mass is 318 g/mol.